The molecule has 0 aliphatic carbocycles. The van der Waals surface area contributed by atoms with E-state index in [4.69, 9.17) is 21.4 Å². The highest BCUT2D eigenvalue weighted by Crippen LogP contribution is 2.33. The summed E-state index contributed by atoms with van der Waals surface area (Å²) >= 11 is 5.88. The van der Waals surface area contributed by atoms with Crippen molar-refractivity contribution in [1.29, 1.82) is 0 Å². The fourth-order valence-electron chi connectivity index (χ4n) is 3.75. The van der Waals surface area contributed by atoms with Crippen LogP contribution in [0.1, 0.15) is 16.8 Å². The van der Waals surface area contributed by atoms with Crippen LogP contribution in [0.15, 0.2) is 42.5 Å². The van der Waals surface area contributed by atoms with Crippen LogP contribution < -0.4 is 20.4 Å². The van der Waals surface area contributed by atoms with Crippen LogP contribution in [-0.4, -0.2) is 78.6 Å². The monoisotopic (exact) mass is 546 g/mol. The number of ether oxygens (including phenoxy) is 1. The van der Waals surface area contributed by atoms with Crippen molar-refractivity contribution in [3.05, 3.63) is 53.1 Å². The van der Waals surface area contributed by atoms with Gasteiger partial charge in [0.15, 0.2) is 0 Å². The summed E-state index contributed by atoms with van der Waals surface area (Å²) in [7, 11) is 1.14. The van der Waals surface area contributed by atoms with E-state index in [1.54, 1.807) is 12.1 Å². The molecular formula is C24H23ClN4O9. The molecule has 1 aliphatic rings. The first-order chi connectivity index (χ1) is 18.0. The number of aliphatic carboxylic acids is 1. The Labute approximate surface area is 220 Å². The van der Waals surface area contributed by atoms with Crippen LogP contribution >= 0.6 is 11.6 Å². The van der Waals surface area contributed by atoms with E-state index < -0.39 is 54.8 Å². The minimum absolute atomic E-state index is 0.0127. The Balaban J connectivity index is 1.97. The minimum Gasteiger partial charge on any atom is -0.506 e. The number of phenolic OH excluding ortho intramolecular Hbond substituents is 1. The molecule has 200 valence electrons. The van der Waals surface area contributed by atoms with Crippen LogP contribution in [0.25, 0.3) is 0 Å². The van der Waals surface area contributed by atoms with Crippen LogP contribution in [0.3, 0.4) is 0 Å². The van der Waals surface area contributed by atoms with Gasteiger partial charge < -0.3 is 30.4 Å². The molecule has 14 heteroatoms. The van der Waals surface area contributed by atoms with Gasteiger partial charge in [0.2, 0.25) is 5.91 Å². The Hall–Kier alpha value is -4.65. The summed E-state index contributed by atoms with van der Waals surface area (Å²) < 4.78 is 4.85. The number of carbonyl (C=O) groups is 6. The molecule has 0 saturated heterocycles. The molecule has 0 radical (unpaired) electrons. The number of anilines is 2. The zero-order valence-corrected chi connectivity index (χ0v) is 20.7. The highest BCUT2D eigenvalue weighted by atomic mass is 35.5. The predicted molar refractivity (Wildman–Crippen MR) is 133 cm³/mol. The first kappa shape index (κ1) is 27.9. The summed E-state index contributed by atoms with van der Waals surface area (Å²) in [6.45, 7) is -1.03. The van der Waals surface area contributed by atoms with Crippen molar-refractivity contribution in [3.63, 3.8) is 0 Å². The molecule has 1 heterocycles. The van der Waals surface area contributed by atoms with Crippen molar-refractivity contribution in [2.24, 2.45) is 0 Å². The number of methoxy groups -OCH3 is 1. The zero-order chi connectivity index (χ0) is 28.0. The van der Waals surface area contributed by atoms with Crippen molar-refractivity contribution < 1.29 is 43.7 Å². The fraction of sp³-hybridized carbons (Fsp3) is 0.250. The number of halogens is 1. The zero-order valence-electron chi connectivity index (χ0n) is 19.9. The lowest BCUT2D eigenvalue weighted by atomic mass is 10.1. The molecule has 0 bridgehead atoms. The highest BCUT2D eigenvalue weighted by Gasteiger charge is 2.38. The summed E-state index contributed by atoms with van der Waals surface area (Å²) in [4.78, 5) is 76.2. The molecule has 0 fully saturated rings. The second kappa shape index (κ2) is 12.1. The van der Waals surface area contributed by atoms with Crippen LogP contribution in [0.2, 0.25) is 5.02 Å². The minimum atomic E-state index is -1.38. The SMILES string of the molecule is COC(=O)N1CC(NC(=O)c2ccc(O)c(Cl)c2)C(=O)N(CC(=O)NC(C=O)CC(=O)O)c2ccccc21. The van der Waals surface area contributed by atoms with Crippen molar-refractivity contribution in [2.75, 3.05) is 30.0 Å². The van der Waals surface area contributed by atoms with E-state index in [2.05, 4.69) is 10.6 Å². The lowest BCUT2D eigenvalue weighted by Gasteiger charge is -2.25. The van der Waals surface area contributed by atoms with Crippen molar-refractivity contribution in [1.82, 2.24) is 10.6 Å². The topological polar surface area (TPSA) is 183 Å². The number of hydrogen-bond donors (Lipinski definition) is 4. The summed E-state index contributed by atoms with van der Waals surface area (Å²) in [6, 6.07) is 7.06. The number of hydrogen-bond acceptors (Lipinski definition) is 8. The number of fused-ring (bicyclic) bond motifs is 1. The molecule has 2 unspecified atom stereocenters. The van der Waals surface area contributed by atoms with E-state index in [9.17, 15) is 33.9 Å². The molecule has 1 aliphatic heterocycles. The smallest absolute Gasteiger partial charge is 0.414 e. The summed E-state index contributed by atoms with van der Waals surface area (Å²) in [5.41, 5.74) is 0.338. The Kier molecular flexibility index (Phi) is 8.86. The quantitative estimate of drug-likeness (QED) is 0.350. The maximum atomic E-state index is 13.6. The van der Waals surface area contributed by atoms with Gasteiger partial charge >= 0.3 is 12.1 Å². The Morgan fingerprint density at radius 3 is 2.47 bits per heavy atom. The van der Waals surface area contributed by atoms with E-state index >= 15 is 0 Å². The largest absolute Gasteiger partial charge is 0.506 e. The van der Waals surface area contributed by atoms with E-state index in [0.29, 0.717) is 0 Å². The highest BCUT2D eigenvalue weighted by molar-refractivity contribution is 6.32. The standard InChI is InChI=1S/C24H23ClN4O9/c1-38-24(37)29-10-16(27-22(35)13-6-7-19(31)15(25)8-13)23(36)28(17-4-2-3-5-18(17)29)11-20(32)26-14(12-30)9-21(33)34/h2-8,12,14,16,31H,9-11H2,1H3,(H,26,32)(H,27,35)(H,33,34). The molecule has 2 aromatic carbocycles. The number of amides is 4. The average Bonchev–Trinajstić information content (AvgIpc) is 2.99. The summed E-state index contributed by atoms with van der Waals surface area (Å²) in [5.74, 6) is -3.96. The molecule has 0 spiro atoms. The number of carbonyl (C=O) groups excluding carboxylic acids is 5. The van der Waals surface area contributed by atoms with Gasteiger partial charge in [-0.3, -0.25) is 29.0 Å². The number of aromatic hydroxyl groups is 1. The third kappa shape index (κ3) is 6.37. The van der Waals surface area contributed by atoms with Crippen LogP contribution in [-0.2, 0) is 23.9 Å². The molecule has 4 N–H and O–H groups in total. The van der Waals surface area contributed by atoms with Crippen molar-refractivity contribution >= 4 is 59.0 Å². The summed E-state index contributed by atoms with van der Waals surface area (Å²) in [5, 5.41) is 23.2. The number of carboxylic acid groups (broad SMARTS) is 1. The fourth-order valence-corrected chi connectivity index (χ4v) is 3.93. The van der Waals surface area contributed by atoms with Gasteiger partial charge in [-0.2, -0.15) is 0 Å². The number of benzene rings is 2. The third-order valence-corrected chi connectivity index (χ3v) is 5.81. The second-order valence-corrected chi connectivity index (χ2v) is 8.50. The molecule has 0 saturated carbocycles. The number of rotatable bonds is 8. The van der Waals surface area contributed by atoms with E-state index in [0.717, 1.165) is 16.9 Å². The van der Waals surface area contributed by atoms with Gasteiger partial charge in [0.25, 0.3) is 11.8 Å². The van der Waals surface area contributed by atoms with E-state index in [1.807, 2.05) is 0 Å². The number of para-hydroxylation sites is 2. The first-order valence-electron chi connectivity index (χ1n) is 11.1. The van der Waals surface area contributed by atoms with Gasteiger partial charge in [0.05, 0.1) is 42.5 Å². The molecule has 0 aromatic heterocycles. The predicted octanol–water partition coefficient (Wildman–Crippen LogP) is 0.922. The maximum Gasteiger partial charge on any atom is 0.414 e. The van der Waals surface area contributed by atoms with Gasteiger partial charge in [-0.15, -0.1) is 0 Å². The molecule has 13 nitrogen and oxygen atoms in total. The first-order valence-corrected chi connectivity index (χ1v) is 11.4. The molecular weight excluding hydrogens is 524 g/mol. The molecule has 3 rings (SSSR count). The Morgan fingerprint density at radius 1 is 1.18 bits per heavy atom. The van der Waals surface area contributed by atoms with Crippen molar-refractivity contribution in [2.45, 2.75) is 18.5 Å². The maximum absolute atomic E-state index is 13.6. The normalized spacial score (nSPS) is 15.5. The Morgan fingerprint density at radius 2 is 1.87 bits per heavy atom. The Bertz CT molecular complexity index is 1290. The number of nitrogens with zero attached hydrogens (tertiary/aromatic N) is 2. The molecule has 38 heavy (non-hydrogen) atoms. The van der Waals surface area contributed by atoms with Gasteiger partial charge in [0.1, 0.15) is 24.6 Å². The van der Waals surface area contributed by atoms with Crippen LogP contribution in [0.4, 0.5) is 16.2 Å². The molecule has 4 amide bonds. The summed E-state index contributed by atoms with van der Waals surface area (Å²) in [6.07, 6.45) is -1.25. The lowest BCUT2D eigenvalue weighted by Crippen LogP contribution is -2.54. The molecule has 2 aromatic rings. The van der Waals surface area contributed by atoms with Gasteiger partial charge in [-0.25, -0.2) is 4.79 Å². The molecule has 2 atom stereocenters. The number of nitrogens with one attached hydrogen (secondary N) is 2. The number of carboxylic acids is 1. The van der Waals surface area contributed by atoms with E-state index in [-0.39, 0.29) is 40.5 Å². The number of aldehydes is 1. The van der Waals surface area contributed by atoms with Gasteiger partial charge in [-0.1, -0.05) is 23.7 Å². The van der Waals surface area contributed by atoms with Crippen molar-refractivity contribution in [3.8, 4) is 5.75 Å². The second-order valence-electron chi connectivity index (χ2n) is 8.09. The van der Waals surface area contributed by atoms with E-state index in [1.165, 1.54) is 30.3 Å². The lowest BCUT2D eigenvalue weighted by molar-refractivity contribution is -0.138. The van der Waals surface area contributed by atoms with Crippen LogP contribution in [0, 0.1) is 0 Å². The average molecular weight is 547 g/mol. The van der Waals surface area contributed by atoms with Crippen LogP contribution in [0.5, 0.6) is 5.75 Å². The van der Waals surface area contributed by atoms with Gasteiger partial charge in [-0.05, 0) is 30.3 Å². The van der Waals surface area contributed by atoms with Gasteiger partial charge in [0, 0.05) is 5.56 Å². The third-order valence-electron chi connectivity index (χ3n) is 5.51. The number of phenols is 1.